The predicted molar refractivity (Wildman–Crippen MR) is 81.9 cm³/mol. The SMILES string of the molecule is COc1cccc(Cn2cc(-c3cccnc3N)cn2)c1F. The number of hydrogen-bond acceptors (Lipinski definition) is 4. The molecule has 22 heavy (non-hydrogen) atoms. The highest BCUT2D eigenvalue weighted by Crippen LogP contribution is 2.24. The van der Waals surface area contributed by atoms with E-state index in [1.165, 1.54) is 7.11 Å². The summed E-state index contributed by atoms with van der Waals surface area (Å²) < 4.78 is 20.8. The standard InChI is InChI=1S/C16H15FN4O/c1-22-14-6-2-4-11(15(14)17)9-21-10-12(8-20-21)13-5-3-7-19-16(13)18/h2-8,10H,9H2,1H3,(H2,18,19). The van der Waals surface area contributed by atoms with Crippen LogP contribution in [0.5, 0.6) is 5.75 Å². The van der Waals surface area contributed by atoms with E-state index in [1.807, 2.05) is 18.3 Å². The van der Waals surface area contributed by atoms with Gasteiger partial charge in [-0.3, -0.25) is 4.68 Å². The van der Waals surface area contributed by atoms with Crippen molar-refractivity contribution in [2.24, 2.45) is 0 Å². The van der Waals surface area contributed by atoms with E-state index in [1.54, 1.807) is 35.3 Å². The van der Waals surface area contributed by atoms with Gasteiger partial charge >= 0.3 is 0 Å². The number of ether oxygens (including phenoxy) is 1. The number of nitrogen functional groups attached to an aromatic ring is 1. The minimum atomic E-state index is -0.372. The number of aromatic nitrogens is 3. The molecule has 0 saturated heterocycles. The van der Waals surface area contributed by atoms with Gasteiger partial charge in [-0.2, -0.15) is 5.10 Å². The highest BCUT2D eigenvalue weighted by molar-refractivity contribution is 5.72. The average molecular weight is 298 g/mol. The lowest BCUT2D eigenvalue weighted by atomic mass is 10.1. The third kappa shape index (κ3) is 2.63. The molecule has 2 heterocycles. The smallest absolute Gasteiger partial charge is 0.170 e. The van der Waals surface area contributed by atoms with Crippen LogP contribution in [0.2, 0.25) is 0 Å². The average Bonchev–Trinajstić information content (AvgIpc) is 2.98. The molecular weight excluding hydrogens is 283 g/mol. The number of halogens is 1. The van der Waals surface area contributed by atoms with Crippen molar-refractivity contribution in [3.8, 4) is 16.9 Å². The van der Waals surface area contributed by atoms with Gasteiger partial charge in [-0.25, -0.2) is 9.37 Å². The van der Waals surface area contributed by atoms with E-state index in [0.717, 1.165) is 11.1 Å². The maximum atomic E-state index is 14.2. The molecule has 5 nitrogen and oxygen atoms in total. The fourth-order valence-electron chi connectivity index (χ4n) is 2.26. The minimum Gasteiger partial charge on any atom is -0.494 e. The minimum absolute atomic E-state index is 0.224. The third-order valence-corrected chi connectivity index (χ3v) is 3.38. The Kier molecular flexibility index (Phi) is 3.74. The molecule has 1 aromatic carbocycles. The molecule has 3 aromatic rings. The Bertz CT molecular complexity index is 800. The van der Waals surface area contributed by atoms with Gasteiger partial charge in [0.25, 0.3) is 0 Å². The fraction of sp³-hybridized carbons (Fsp3) is 0.125. The molecule has 0 atom stereocenters. The van der Waals surface area contributed by atoms with Crippen LogP contribution in [0.3, 0.4) is 0 Å². The fourth-order valence-corrected chi connectivity index (χ4v) is 2.26. The van der Waals surface area contributed by atoms with Crippen LogP contribution in [0, 0.1) is 5.82 Å². The maximum absolute atomic E-state index is 14.2. The molecule has 0 bridgehead atoms. The van der Waals surface area contributed by atoms with Gasteiger partial charge in [0, 0.05) is 29.1 Å². The van der Waals surface area contributed by atoms with Crippen molar-refractivity contribution >= 4 is 5.82 Å². The van der Waals surface area contributed by atoms with E-state index in [0.29, 0.717) is 17.9 Å². The zero-order valence-electron chi connectivity index (χ0n) is 12.0. The van der Waals surface area contributed by atoms with Crippen molar-refractivity contribution in [2.75, 3.05) is 12.8 Å². The number of nitrogens with zero attached hydrogens (tertiary/aromatic N) is 3. The molecule has 2 N–H and O–H groups in total. The molecule has 0 fully saturated rings. The van der Waals surface area contributed by atoms with E-state index < -0.39 is 0 Å². The molecule has 0 amide bonds. The van der Waals surface area contributed by atoms with Crippen LogP contribution >= 0.6 is 0 Å². The second-order valence-electron chi connectivity index (χ2n) is 4.80. The number of nitrogens with two attached hydrogens (primary N) is 1. The Morgan fingerprint density at radius 2 is 2.14 bits per heavy atom. The summed E-state index contributed by atoms with van der Waals surface area (Å²) in [5.41, 5.74) is 8.01. The zero-order valence-corrected chi connectivity index (χ0v) is 12.0. The number of anilines is 1. The number of methoxy groups -OCH3 is 1. The van der Waals surface area contributed by atoms with E-state index in [9.17, 15) is 4.39 Å². The van der Waals surface area contributed by atoms with E-state index >= 15 is 0 Å². The molecule has 0 aliphatic rings. The highest BCUT2D eigenvalue weighted by Gasteiger charge is 2.11. The largest absolute Gasteiger partial charge is 0.494 e. The molecule has 0 aliphatic heterocycles. The lowest BCUT2D eigenvalue weighted by molar-refractivity contribution is 0.383. The number of hydrogen-bond donors (Lipinski definition) is 1. The number of rotatable bonds is 4. The number of benzene rings is 1. The van der Waals surface area contributed by atoms with Crippen molar-refractivity contribution in [3.05, 3.63) is 60.3 Å². The van der Waals surface area contributed by atoms with Crippen LogP contribution in [0.4, 0.5) is 10.2 Å². The Morgan fingerprint density at radius 3 is 2.91 bits per heavy atom. The van der Waals surface area contributed by atoms with Gasteiger partial charge in [0.2, 0.25) is 0 Å². The normalized spacial score (nSPS) is 10.6. The molecule has 112 valence electrons. The monoisotopic (exact) mass is 298 g/mol. The predicted octanol–water partition coefficient (Wildman–Crippen LogP) is 2.72. The van der Waals surface area contributed by atoms with Crippen LogP contribution in [0.25, 0.3) is 11.1 Å². The van der Waals surface area contributed by atoms with Crippen molar-refractivity contribution < 1.29 is 9.13 Å². The highest BCUT2D eigenvalue weighted by atomic mass is 19.1. The van der Waals surface area contributed by atoms with Crippen LogP contribution in [-0.4, -0.2) is 21.9 Å². The van der Waals surface area contributed by atoms with Crippen LogP contribution in [0.1, 0.15) is 5.56 Å². The molecule has 0 spiro atoms. The van der Waals surface area contributed by atoms with Crippen molar-refractivity contribution in [3.63, 3.8) is 0 Å². The van der Waals surface area contributed by atoms with Crippen LogP contribution in [0.15, 0.2) is 48.9 Å². The first kappa shape index (κ1) is 14.1. The molecule has 0 saturated carbocycles. The van der Waals surface area contributed by atoms with Gasteiger partial charge in [-0.15, -0.1) is 0 Å². The summed E-state index contributed by atoms with van der Waals surface area (Å²) in [6.45, 7) is 0.309. The first-order valence-electron chi connectivity index (χ1n) is 6.73. The third-order valence-electron chi connectivity index (χ3n) is 3.38. The summed E-state index contributed by atoms with van der Waals surface area (Å²) in [7, 11) is 1.44. The second-order valence-corrected chi connectivity index (χ2v) is 4.80. The van der Waals surface area contributed by atoms with Gasteiger partial charge in [-0.1, -0.05) is 12.1 Å². The van der Waals surface area contributed by atoms with Gasteiger partial charge < -0.3 is 10.5 Å². The molecular formula is C16H15FN4O. The molecule has 0 unspecified atom stereocenters. The lowest BCUT2D eigenvalue weighted by Gasteiger charge is -2.07. The molecule has 0 radical (unpaired) electrons. The Hall–Kier alpha value is -2.89. The summed E-state index contributed by atoms with van der Waals surface area (Å²) in [6, 6.07) is 8.72. The van der Waals surface area contributed by atoms with Gasteiger partial charge in [0.05, 0.1) is 19.9 Å². The van der Waals surface area contributed by atoms with Crippen LogP contribution in [-0.2, 0) is 6.54 Å². The Balaban J connectivity index is 1.88. The van der Waals surface area contributed by atoms with Crippen molar-refractivity contribution in [2.45, 2.75) is 6.54 Å². The topological polar surface area (TPSA) is 66.0 Å². The Morgan fingerprint density at radius 1 is 1.27 bits per heavy atom. The molecule has 6 heteroatoms. The van der Waals surface area contributed by atoms with Gasteiger partial charge in [-0.05, 0) is 18.2 Å². The van der Waals surface area contributed by atoms with E-state index in [2.05, 4.69) is 10.1 Å². The van der Waals surface area contributed by atoms with Crippen molar-refractivity contribution in [1.82, 2.24) is 14.8 Å². The quantitative estimate of drug-likeness (QED) is 0.804. The first-order chi connectivity index (χ1) is 10.7. The van der Waals surface area contributed by atoms with Crippen LogP contribution < -0.4 is 10.5 Å². The van der Waals surface area contributed by atoms with Gasteiger partial charge in [0.15, 0.2) is 11.6 Å². The number of pyridine rings is 1. The maximum Gasteiger partial charge on any atom is 0.170 e. The summed E-state index contributed by atoms with van der Waals surface area (Å²) >= 11 is 0. The molecule has 3 rings (SSSR count). The van der Waals surface area contributed by atoms with E-state index in [-0.39, 0.29) is 11.6 Å². The first-order valence-corrected chi connectivity index (χ1v) is 6.73. The zero-order chi connectivity index (χ0) is 15.5. The molecule has 2 aromatic heterocycles. The second kappa shape index (κ2) is 5.85. The summed E-state index contributed by atoms with van der Waals surface area (Å²) in [5, 5.41) is 4.25. The van der Waals surface area contributed by atoms with Gasteiger partial charge in [0.1, 0.15) is 5.82 Å². The van der Waals surface area contributed by atoms with E-state index in [4.69, 9.17) is 10.5 Å². The summed E-state index contributed by atoms with van der Waals surface area (Å²) in [5.74, 6) is 0.291. The Labute approximate surface area is 127 Å². The summed E-state index contributed by atoms with van der Waals surface area (Å²) in [6.07, 6.45) is 5.13. The summed E-state index contributed by atoms with van der Waals surface area (Å²) in [4.78, 5) is 4.05. The molecule has 0 aliphatic carbocycles. The lowest BCUT2D eigenvalue weighted by Crippen LogP contribution is -2.03. The van der Waals surface area contributed by atoms with Crippen molar-refractivity contribution in [1.29, 1.82) is 0 Å².